The number of aliphatic imine (C=N–C) groups is 1. The molecule has 150 valence electrons. The molecular weight excluding hydrogens is 467 g/mol. The summed E-state index contributed by atoms with van der Waals surface area (Å²) < 4.78 is 7.93. The van der Waals surface area contributed by atoms with Crippen molar-refractivity contribution >= 4 is 35.6 Å². The molecule has 0 aliphatic rings. The van der Waals surface area contributed by atoms with Crippen molar-refractivity contribution in [2.75, 3.05) is 20.1 Å². The van der Waals surface area contributed by atoms with E-state index in [1.165, 1.54) is 5.56 Å². The van der Waals surface area contributed by atoms with Gasteiger partial charge in [0, 0.05) is 26.2 Å². The zero-order valence-electron chi connectivity index (χ0n) is 16.4. The number of rotatable bonds is 7. The van der Waals surface area contributed by atoms with E-state index in [1.807, 2.05) is 53.9 Å². The zero-order chi connectivity index (χ0) is 19.1. The van der Waals surface area contributed by atoms with Crippen LogP contribution in [0.15, 0.2) is 53.7 Å². The summed E-state index contributed by atoms with van der Waals surface area (Å²) >= 11 is 0. The van der Waals surface area contributed by atoms with Gasteiger partial charge in [0.25, 0.3) is 0 Å². The predicted octanol–water partition coefficient (Wildman–Crippen LogP) is 2.83. The van der Waals surface area contributed by atoms with Crippen molar-refractivity contribution < 1.29 is 4.74 Å². The highest BCUT2D eigenvalue weighted by atomic mass is 127. The maximum absolute atomic E-state index is 5.93. The van der Waals surface area contributed by atoms with Crippen LogP contribution in [-0.4, -0.2) is 46.8 Å². The van der Waals surface area contributed by atoms with Gasteiger partial charge in [-0.2, -0.15) is 0 Å². The fourth-order valence-corrected chi connectivity index (χ4v) is 2.78. The van der Waals surface area contributed by atoms with Crippen LogP contribution in [0.1, 0.15) is 18.3 Å². The van der Waals surface area contributed by atoms with Crippen molar-refractivity contribution in [3.63, 3.8) is 0 Å². The number of guanidine groups is 1. The topological polar surface area (TPSA) is 75.8 Å². The minimum atomic E-state index is 0. The summed E-state index contributed by atoms with van der Waals surface area (Å²) in [7, 11) is 1.76. The molecular formula is C20H27IN6O. The largest absolute Gasteiger partial charge is 0.489 e. The summed E-state index contributed by atoms with van der Waals surface area (Å²) in [6, 6.07) is 13.9. The molecule has 0 bridgehead atoms. The number of benzene rings is 1. The number of fused-ring (bicyclic) bond motifs is 1. The first-order valence-corrected chi connectivity index (χ1v) is 9.12. The molecule has 3 aromatic rings. The summed E-state index contributed by atoms with van der Waals surface area (Å²) in [5.41, 5.74) is 2.04. The molecule has 2 aromatic heterocycles. The Morgan fingerprint density at radius 2 is 2.04 bits per heavy atom. The first-order chi connectivity index (χ1) is 13.2. The van der Waals surface area contributed by atoms with E-state index in [1.54, 1.807) is 7.05 Å². The third kappa shape index (κ3) is 6.08. The van der Waals surface area contributed by atoms with Crippen LogP contribution < -0.4 is 15.4 Å². The van der Waals surface area contributed by atoms with Crippen LogP contribution in [0.2, 0.25) is 0 Å². The van der Waals surface area contributed by atoms with Gasteiger partial charge in [-0.05, 0) is 43.7 Å². The Kier molecular flexibility index (Phi) is 8.49. The third-order valence-corrected chi connectivity index (χ3v) is 4.13. The van der Waals surface area contributed by atoms with E-state index in [0.717, 1.165) is 29.6 Å². The van der Waals surface area contributed by atoms with Crippen molar-refractivity contribution in [1.29, 1.82) is 0 Å². The lowest BCUT2D eigenvalue weighted by molar-refractivity contribution is 0.223. The fourth-order valence-electron chi connectivity index (χ4n) is 2.78. The van der Waals surface area contributed by atoms with Crippen LogP contribution in [0.4, 0.5) is 0 Å². The van der Waals surface area contributed by atoms with E-state index >= 15 is 0 Å². The SMILES string of the molecule is CN=C(NCCc1nnc2ccccn12)NCC(C)Oc1cccc(C)c1.I. The third-order valence-electron chi connectivity index (χ3n) is 4.13. The summed E-state index contributed by atoms with van der Waals surface area (Å²) in [5, 5.41) is 15.0. The molecule has 0 aliphatic carbocycles. The number of nitrogens with zero attached hydrogens (tertiary/aromatic N) is 4. The molecule has 0 amide bonds. The van der Waals surface area contributed by atoms with Crippen molar-refractivity contribution in [2.45, 2.75) is 26.4 Å². The van der Waals surface area contributed by atoms with Gasteiger partial charge in [0.2, 0.25) is 0 Å². The highest BCUT2D eigenvalue weighted by Gasteiger charge is 2.07. The molecule has 7 nitrogen and oxygen atoms in total. The molecule has 1 aromatic carbocycles. The molecule has 0 radical (unpaired) electrons. The molecule has 0 saturated carbocycles. The number of aromatic nitrogens is 3. The van der Waals surface area contributed by atoms with Crippen molar-refractivity contribution in [1.82, 2.24) is 25.2 Å². The second-order valence-electron chi connectivity index (χ2n) is 6.42. The average molecular weight is 494 g/mol. The van der Waals surface area contributed by atoms with Gasteiger partial charge in [0.15, 0.2) is 11.6 Å². The van der Waals surface area contributed by atoms with E-state index in [2.05, 4.69) is 38.8 Å². The van der Waals surface area contributed by atoms with Crippen molar-refractivity contribution in [3.8, 4) is 5.75 Å². The van der Waals surface area contributed by atoms with Gasteiger partial charge >= 0.3 is 0 Å². The van der Waals surface area contributed by atoms with Gasteiger partial charge in [0.05, 0.1) is 6.54 Å². The van der Waals surface area contributed by atoms with Crippen LogP contribution in [0.3, 0.4) is 0 Å². The van der Waals surface area contributed by atoms with Gasteiger partial charge in [-0.1, -0.05) is 18.2 Å². The Bertz CT molecular complexity index is 910. The van der Waals surface area contributed by atoms with Crippen LogP contribution in [0.5, 0.6) is 5.75 Å². The van der Waals surface area contributed by atoms with E-state index in [-0.39, 0.29) is 30.1 Å². The number of ether oxygens (including phenoxy) is 1. The van der Waals surface area contributed by atoms with Crippen LogP contribution >= 0.6 is 24.0 Å². The molecule has 8 heteroatoms. The van der Waals surface area contributed by atoms with Gasteiger partial charge in [-0.25, -0.2) is 0 Å². The second-order valence-corrected chi connectivity index (χ2v) is 6.42. The second kappa shape index (κ2) is 10.8. The number of hydrogen-bond acceptors (Lipinski definition) is 4. The molecule has 0 saturated heterocycles. The molecule has 1 atom stereocenters. The molecule has 0 fully saturated rings. The highest BCUT2D eigenvalue weighted by Crippen LogP contribution is 2.13. The Morgan fingerprint density at radius 3 is 2.82 bits per heavy atom. The fraction of sp³-hybridized carbons (Fsp3) is 0.350. The van der Waals surface area contributed by atoms with Crippen molar-refractivity contribution in [3.05, 3.63) is 60.0 Å². The molecule has 1 unspecified atom stereocenters. The number of hydrogen-bond donors (Lipinski definition) is 2. The lowest BCUT2D eigenvalue weighted by atomic mass is 10.2. The van der Waals surface area contributed by atoms with Crippen LogP contribution in [0.25, 0.3) is 5.65 Å². The monoisotopic (exact) mass is 494 g/mol. The number of pyridine rings is 1. The zero-order valence-corrected chi connectivity index (χ0v) is 18.8. The molecule has 2 N–H and O–H groups in total. The molecule has 0 aliphatic heterocycles. The maximum Gasteiger partial charge on any atom is 0.191 e. The number of nitrogens with one attached hydrogen (secondary N) is 2. The molecule has 2 heterocycles. The lowest BCUT2D eigenvalue weighted by Gasteiger charge is -2.18. The smallest absolute Gasteiger partial charge is 0.191 e. The Morgan fingerprint density at radius 1 is 1.18 bits per heavy atom. The van der Waals surface area contributed by atoms with E-state index in [0.29, 0.717) is 13.1 Å². The van der Waals surface area contributed by atoms with Gasteiger partial charge in [-0.3, -0.25) is 9.39 Å². The Balaban J connectivity index is 0.00000280. The number of halogens is 1. The molecule has 3 rings (SSSR count). The lowest BCUT2D eigenvalue weighted by Crippen LogP contribution is -2.42. The quantitative estimate of drug-likeness (QED) is 0.300. The summed E-state index contributed by atoms with van der Waals surface area (Å²) in [6.45, 7) is 5.45. The minimum absolute atomic E-state index is 0. The van der Waals surface area contributed by atoms with Crippen LogP contribution in [-0.2, 0) is 6.42 Å². The minimum Gasteiger partial charge on any atom is -0.489 e. The summed E-state index contributed by atoms with van der Waals surface area (Å²) in [6.07, 6.45) is 2.74. The van der Waals surface area contributed by atoms with E-state index in [4.69, 9.17) is 4.74 Å². The summed E-state index contributed by atoms with van der Waals surface area (Å²) in [4.78, 5) is 4.26. The Hall–Kier alpha value is -2.36. The number of aryl methyl sites for hydroxylation is 1. The average Bonchev–Trinajstić information content (AvgIpc) is 3.08. The molecule has 28 heavy (non-hydrogen) atoms. The molecule has 0 spiro atoms. The summed E-state index contributed by atoms with van der Waals surface area (Å²) in [5.74, 6) is 2.54. The highest BCUT2D eigenvalue weighted by molar-refractivity contribution is 14.0. The van der Waals surface area contributed by atoms with Gasteiger partial charge in [-0.15, -0.1) is 34.2 Å². The predicted molar refractivity (Wildman–Crippen MR) is 123 cm³/mol. The van der Waals surface area contributed by atoms with E-state index in [9.17, 15) is 0 Å². The van der Waals surface area contributed by atoms with Crippen molar-refractivity contribution in [2.24, 2.45) is 4.99 Å². The normalized spacial score (nSPS) is 12.3. The van der Waals surface area contributed by atoms with Crippen LogP contribution in [0, 0.1) is 6.92 Å². The van der Waals surface area contributed by atoms with Gasteiger partial charge in [0.1, 0.15) is 17.7 Å². The first kappa shape index (κ1) is 21.9. The Labute approximate surface area is 182 Å². The van der Waals surface area contributed by atoms with Gasteiger partial charge < -0.3 is 15.4 Å². The first-order valence-electron chi connectivity index (χ1n) is 9.12. The standard InChI is InChI=1S/C20H26N6O.HI/c1-15-7-6-8-17(13-15)27-16(2)14-23-20(21-3)22-11-10-19-25-24-18-9-4-5-12-26(18)19;/h4-9,12-13,16H,10-11,14H2,1-3H3,(H2,21,22,23);1H. The van der Waals surface area contributed by atoms with E-state index < -0.39 is 0 Å². The maximum atomic E-state index is 5.93.